The third-order valence-corrected chi connectivity index (χ3v) is 4.17. The minimum absolute atomic E-state index is 0.128. The van der Waals surface area contributed by atoms with E-state index in [0.29, 0.717) is 24.7 Å². The first kappa shape index (κ1) is 17.8. The second-order valence-electron chi connectivity index (χ2n) is 6.08. The molecule has 134 valence electrons. The molecule has 0 saturated carbocycles. The first-order chi connectivity index (χ1) is 12.7. The molecule has 0 aliphatic heterocycles. The molecule has 3 rings (SSSR count). The van der Waals surface area contributed by atoms with Crippen molar-refractivity contribution in [3.05, 3.63) is 59.9 Å². The van der Waals surface area contributed by atoms with Crippen molar-refractivity contribution in [2.75, 3.05) is 23.8 Å². The Hall–Kier alpha value is -2.99. The molecule has 0 bridgehead atoms. The van der Waals surface area contributed by atoms with Gasteiger partial charge in [-0.05, 0) is 49.6 Å². The predicted octanol–water partition coefficient (Wildman–Crippen LogP) is 3.69. The predicted molar refractivity (Wildman–Crippen MR) is 105 cm³/mol. The molecule has 0 saturated heterocycles. The fourth-order valence-corrected chi connectivity index (χ4v) is 2.56. The van der Waals surface area contributed by atoms with Gasteiger partial charge < -0.3 is 15.7 Å². The highest BCUT2D eigenvalue weighted by Crippen LogP contribution is 2.25. The number of aliphatic hydroxyl groups excluding tert-OH is 1. The maximum atomic E-state index is 8.98. The van der Waals surface area contributed by atoms with Gasteiger partial charge in [0.15, 0.2) is 0 Å². The maximum Gasteiger partial charge on any atom is 0.225 e. The number of rotatable bonds is 7. The smallest absolute Gasteiger partial charge is 0.225 e. The molecule has 6 heteroatoms. The van der Waals surface area contributed by atoms with Gasteiger partial charge in [0.05, 0.1) is 5.69 Å². The summed E-state index contributed by atoms with van der Waals surface area (Å²) in [5, 5.41) is 15.5. The number of aromatic nitrogens is 3. The minimum atomic E-state index is 0.128. The maximum absolute atomic E-state index is 8.98. The van der Waals surface area contributed by atoms with E-state index in [9.17, 15) is 0 Å². The lowest BCUT2D eigenvalue weighted by Gasteiger charge is -2.13. The van der Waals surface area contributed by atoms with Crippen molar-refractivity contribution in [3.63, 3.8) is 0 Å². The van der Waals surface area contributed by atoms with E-state index in [1.54, 1.807) is 12.4 Å². The average Bonchev–Trinajstić information content (AvgIpc) is 2.66. The van der Waals surface area contributed by atoms with E-state index < -0.39 is 0 Å². The lowest BCUT2D eigenvalue weighted by Crippen LogP contribution is -2.09. The van der Waals surface area contributed by atoms with Crippen molar-refractivity contribution in [2.24, 2.45) is 0 Å². The van der Waals surface area contributed by atoms with Gasteiger partial charge in [0.25, 0.3) is 0 Å². The van der Waals surface area contributed by atoms with Gasteiger partial charge >= 0.3 is 0 Å². The fraction of sp³-hybridized carbons (Fsp3) is 0.250. The molecule has 3 aromatic rings. The zero-order valence-corrected chi connectivity index (χ0v) is 15.0. The van der Waals surface area contributed by atoms with Crippen LogP contribution in [0.3, 0.4) is 0 Å². The van der Waals surface area contributed by atoms with E-state index in [2.05, 4.69) is 45.5 Å². The van der Waals surface area contributed by atoms with Gasteiger partial charge in [-0.15, -0.1) is 0 Å². The highest BCUT2D eigenvalue weighted by Gasteiger charge is 2.09. The normalized spacial score (nSPS) is 10.6. The minimum Gasteiger partial charge on any atom is -0.396 e. The second-order valence-corrected chi connectivity index (χ2v) is 6.08. The Labute approximate surface area is 153 Å². The van der Waals surface area contributed by atoms with Crippen LogP contribution in [0.2, 0.25) is 0 Å². The number of anilines is 3. The summed E-state index contributed by atoms with van der Waals surface area (Å²) in [4.78, 5) is 13.3. The number of pyridine rings is 1. The largest absolute Gasteiger partial charge is 0.396 e. The van der Waals surface area contributed by atoms with Crippen LogP contribution < -0.4 is 10.6 Å². The Balaban J connectivity index is 1.95. The summed E-state index contributed by atoms with van der Waals surface area (Å²) in [5.74, 6) is 1.23. The Morgan fingerprint density at radius 2 is 1.96 bits per heavy atom. The first-order valence-corrected chi connectivity index (χ1v) is 8.65. The van der Waals surface area contributed by atoms with E-state index in [-0.39, 0.29) is 6.61 Å². The molecular weight excluding hydrogens is 326 g/mol. The van der Waals surface area contributed by atoms with E-state index in [4.69, 9.17) is 5.11 Å². The molecule has 2 aromatic heterocycles. The second kappa shape index (κ2) is 8.40. The molecule has 0 fully saturated rings. The van der Waals surface area contributed by atoms with Crippen LogP contribution in [0.4, 0.5) is 17.5 Å². The van der Waals surface area contributed by atoms with Crippen LogP contribution in [-0.2, 0) is 0 Å². The number of benzene rings is 1. The highest BCUT2D eigenvalue weighted by atomic mass is 16.3. The van der Waals surface area contributed by atoms with Gasteiger partial charge in [-0.25, -0.2) is 4.98 Å². The van der Waals surface area contributed by atoms with Gasteiger partial charge in [0, 0.05) is 42.9 Å². The third kappa shape index (κ3) is 4.34. The standard InChI is InChI=1S/C20H23N5O/c1-14-6-3-8-17(15(14)2)23-19-12-18(16-7-4-9-21-13-16)24-20(25-19)22-10-5-11-26/h3-4,6-9,12-13,26H,5,10-11H2,1-2H3,(H2,22,23,24,25). The molecule has 0 atom stereocenters. The van der Waals surface area contributed by atoms with Gasteiger partial charge in [-0.3, -0.25) is 4.98 Å². The van der Waals surface area contributed by atoms with Crippen LogP contribution in [0.15, 0.2) is 48.8 Å². The van der Waals surface area contributed by atoms with Crippen LogP contribution >= 0.6 is 0 Å². The number of hydrogen-bond donors (Lipinski definition) is 3. The Morgan fingerprint density at radius 1 is 1.08 bits per heavy atom. The van der Waals surface area contributed by atoms with Crippen molar-refractivity contribution in [3.8, 4) is 11.3 Å². The van der Waals surface area contributed by atoms with Crippen LogP contribution in [0.25, 0.3) is 11.3 Å². The molecule has 1 aromatic carbocycles. The summed E-state index contributed by atoms with van der Waals surface area (Å²) in [5.41, 5.74) is 5.13. The molecular formula is C20H23N5O. The average molecular weight is 349 g/mol. The fourth-order valence-electron chi connectivity index (χ4n) is 2.56. The van der Waals surface area contributed by atoms with Crippen LogP contribution in [0.1, 0.15) is 17.5 Å². The SMILES string of the molecule is Cc1cccc(Nc2cc(-c3cccnc3)nc(NCCCO)n2)c1C. The molecule has 0 aliphatic rings. The van der Waals surface area contributed by atoms with Gasteiger partial charge in [-0.2, -0.15) is 4.98 Å². The number of aryl methyl sites for hydroxylation is 1. The van der Waals surface area contributed by atoms with Crippen LogP contribution in [0.5, 0.6) is 0 Å². The highest BCUT2D eigenvalue weighted by molar-refractivity contribution is 5.68. The van der Waals surface area contributed by atoms with Gasteiger partial charge in [0.1, 0.15) is 5.82 Å². The molecule has 3 N–H and O–H groups in total. The molecule has 6 nitrogen and oxygen atoms in total. The summed E-state index contributed by atoms with van der Waals surface area (Å²) in [6, 6.07) is 11.9. The molecule has 0 aliphatic carbocycles. The molecule has 0 radical (unpaired) electrons. The number of nitrogens with zero attached hydrogens (tertiary/aromatic N) is 3. The zero-order chi connectivity index (χ0) is 18.4. The molecule has 0 spiro atoms. The summed E-state index contributed by atoms with van der Waals surface area (Å²) in [6.07, 6.45) is 4.15. The lowest BCUT2D eigenvalue weighted by molar-refractivity contribution is 0.292. The van der Waals surface area contributed by atoms with Gasteiger partial charge in [0.2, 0.25) is 5.95 Å². The Kier molecular flexibility index (Phi) is 5.76. The topological polar surface area (TPSA) is 83.0 Å². The summed E-state index contributed by atoms with van der Waals surface area (Å²) in [6.45, 7) is 4.91. The Morgan fingerprint density at radius 3 is 2.73 bits per heavy atom. The lowest BCUT2D eigenvalue weighted by atomic mass is 10.1. The number of nitrogens with one attached hydrogen (secondary N) is 2. The quantitative estimate of drug-likeness (QED) is 0.564. The van der Waals surface area contributed by atoms with Gasteiger partial charge in [-0.1, -0.05) is 12.1 Å². The van der Waals surface area contributed by atoms with E-state index in [1.807, 2.05) is 30.3 Å². The summed E-state index contributed by atoms with van der Waals surface area (Å²) >= 11 is 0. The van der Waals surface area contributed by atoms with E-state index >= 15 is 0 Å². The van der Waals surface area contributed by atoms with Crippen molar-refractivity contribution in [1.82, 2.24) is 15.0 Å². The molecule has 0 amide bonds. The summed E-state index contributed by atoms with van der Waals surface area (Å²) < 4.78 is 0. The van der Waals surface area contributed by atoms with Crippen molar-refractivity contribution in [2.45, 2.75) is 20.3 Å². The van der Waals surface area contributed by atoms with Crippen molar-refractivity contribution < 1.29 is 5.11 Å². The van der Waals surface area contributed by atoms with Crippen LogP contribution in [0, 0.1) is 13.8 Å². The van der Waals surface area contributed by atoms with Crippen molar-refractivity contribution >= 4 is 17.5 Å². The molecule has 2 heterocycles. The Bertz CT molecular complexity index is 867. The van der Waals surface area contributed by atoms with E-state index in [0.717, 1.165) is 16.9 Å². The molecule has 0 unspecified atom stereocenters. The zero-order valence-electron chi connectivity index (χ0n) is 15.0. The monoisotopic (exact) mass is 349 g/mol. The number of aliphatic hydroxyl groups is 1. The molecule has 26 heavy (non-hydrogen) atoms. The van der Waals surface area contributed by atoms with Crippen LogP contribution in [-0.4, -0.2) is 33.2 Å². The third-order valence-electron chi connectivity index (χ3n) is 4.17. The first-order valence-electron chi connectivity index (χ1n) is 8.65. The number of hydrogen-bond acceptors (Lipinski definition) is 6. The van der Waals surface area contributed by atoms with E-state index in [1.165, 1.54) is 11.1 Å². The summed E-state index contributed by atoms with van der Waals surface area (Å²) in [7, 11) is 0. The van der Waals surface area contributed by atoms with Crippen molar-refractivity contribution in [1.29, 1.82) is 0 Å².